The fourth-order valence-corrected chi connectivity index (χ4v) is 2.24. The summed E-state index contributed by atoms with van der Waals surface area (Å²) < 4.78 is 0. The van der Waals surface area contributed by atoms with Gasteiger partial charge < -0.3 is 10.4 Å². The summed E-state index contributed by atoms with van der Waals surface area (Å²) in [5.74, 6) is -0.0468. The number of carbonyl (C=O) groups is 1. The first kappa shape index (κ1) is 18.0. The van der Waals surface area contributed by atoms with Crippen LogP contribution in [-0.2, 0) is 4.79 Å². The van der Waals surface area contributed by atoms with Crippen LogP contribution in [0.15, 0.2) is 18.2 Å². The Hall–Kier alpha value is -1.10. The zero-order chi connectivity index (χ0) is 15.7. The molecule has 0 aliphatic carbocycles. The predicted octanol–water partition coefficient (Wildman–Crippen LogP) is 3.07. The fraction of sp³-hybridized carbons (Fsp3) is 0.562. The summed E-state index contributed by atoms with van der Waals surface area (Å²) >= 11 is 5.95. The van der Waals surface area contributed by atoms with Crippen molar-refractivity contribution in [3.63, 3.8) is 0 Å². The van der Waals surface area contributed by atoms with E-state index >= 15 is 0 Å². The molecule has 1 aromatic rings. The van der Waals surface area contributed by atoms with Crippen LogP contribution < -0.4 is 5.32 Å². The molecular formula is C16H25ClN2O2. The number of hydrogen-bond acceptors (Lipinski definition) is 3. The molecule has 118 valence electrons. The van der Waals surface area contributed by atoms with Crippen molar-refractivity contribution >= 4 is 23.2 Å². The average Bonchev–Trinajstić information content (AvgIpc) is 2.45. The number of amides is 1. The van der Waals surface area contributed by atoms with Crippen LogP contribution in [0.2, 0.25) is 5.02 Å². The standard InChI is InChI=1S/C16H25ClN2O2/c1-3-4-8-19(9-5-10-20)12-16(21)18-15-11-14(17)7-6-13(15)2/h6-7,11,20H,3-5,8-10,12H2,1-2H3,(H,18,21). The molecule has 1 aromatic carbocycles. The number of nitrogens with zero attached hydrogens (tertiary/aromatic N) is 1. The predicted molar refractivity (Wildman–Crippen MR) is 87.9 cm³/mol. The Morgan fingerprint density at radius 1 is 1.33 bits per heavy atom. The third-order valence-corrected chi connectivity index (χ3v) is 3.54. The van der Waals surface area contributed by atoms with Gasteiger partial charge in [0.25, 0.3) is 0 Å². The first-order valence-electron chi connectivity index (χ1n) is 7.46. The molecule has 0 heterocycles. The SMILES string of the molecule is CCCCN(CCCO)CC(=O)Nc1cc(Cl)ccc1C. The Balaban J connectivity index is 2.57. The molecule has 0 saturated carbocycles. The summed E-state index contributed by atoms with van der Waals surface area (Å²) in [6.45, 7) is 6.16. The highest BCUT2D eigenvalue weighted by Gasteiger charge is 2.11. The minimum absolute atomic E-state index is 0.0468. The summed E-state index contributed by atoms with van der Waals surface area (Å²) in [6, 6.07) is 5.46. The number of aryl methyl sites for hydroxylation is 1. The molecule has 0 aromatic heterocycles. The number of halogens is 1. The number of rotatable bonds is 9. The Kier molecular flexibility index (Phi) is 8.35. The van der Waals surface area contributed by atoms with Gasteiger partial charge in [-0.05, 0) is 44.0 Å². The first-order chi connectivity index (χ1) is 10.1. The summed E-state index contributed by atoms with van der Waals surface area (Å²) in [7, 11) is 0. The van der Waals surface area contributed by atoms with Gasteiger partial charge >= 0.3 is 0 Å². The number of aliphatic hydroxyl groups excluding tert-OH is 1. The van der Waals surface area contributed by atoms with Crippen LogP contribution in [-0.4, -0.2) is 42.2 Å². The van der Waals surface area contributed by atoms with Gasteiger partial charge in [-0.3, -0.25) is 9.69 Å². The second-order valence-electron chi connectivity index (χ2n) is 5.21. The Bertz CT molecular complexity index is 444. The van der Waals surface area contributed by atoms with E-state index in [0.717, 1.165) is 37.2 Å². The second kappa shape index (κ2) is 9.77. The monoisotopic (exact) mass is 312 g/mol. The maximum Gasteiger partial charge on any atom is 0.238 e. The zero-order valence-electron chi connectivity index (χ0n) is 12.9. The van der Waals surface area contributed by atoms with Gasteiger partial charge in [0.15, 0.2) is 0 Å². The molecular weight excluding hydrogens is 288 g/mol. The first-order valence-corrected chi connectivity index (χ1v) is 7.83. The molecule has 0 spiro atoms. The van der Waals surface area contributed by atoms with Crippen molar-refractivity contribution in [2.45, 2.75) is 33.1 Å². The van der Waals surface area contributed by atoms with Gasteiger partial charge in [-0.25, -0.2) is 0 Å². The maximum absolute atomic E-state index is 12.2. The number of aliphatic hydroxyl groups is 1. The molecule has 0 unspecified atom stereocenters. The van der Waals surface area contributed by atoms with Crippen LogP contribution in [0, 0.1) is 6.92 Å². The topological polar surface area (TPSA) is 52.6 Å². The lowest BCUT2D eigenvalue weighted by molar-refractivity contribution is -0.117. The molecule has 0 aliphatic heterocycles. The third-order valence-electron chi connectivity index (χ3n) is 3.30. The number of anilines is 1. The van der Waals surface area contributed by atoms with Crippen molar-refractivity contribution in [1.82, 2.24) is 4.90 Å². The van der Waals surface area contributed by atoms with Gasteiger partial charge in [-0.1, -0.05) is 31.0 Å². The Morgan fingerprint density at radius 2 is 2.05 bits per heavy atom. The van der Waals surface area contributed by atoms with E-state index in [-0.39, 0.29) is 12.5 Å². The van der Waals surface area contributed by atoms with Crippen molar-refractivity contribution in [1.29, 1.82) is 0 Å². The lowest BCUT2D eigenvalue weighted by atomic mass is 10.2. The van der Waals surface area contributed by atoms with Crippen LogP contribution in [0.4, 0.5) is 5.69 Å². The van der Waals surface area contributed by atoms with Gasteiger partial charge in [0, 0.05) is 23.9 Å². The minimum Gasteiger partial charge on any atom is -0.396 e. The van der Waals surface area contributed by atoms with E-state index < -0.39 is 0 Å². The van der Waals surface area contributed by atoms with E-state index in [4.69, 9.17) is 16.7 Å². The van der Waals surface area contributed by atoms with E-state index in [1.807, 2.05) is 13.0 Å². The van der Waals surface area contributed by atoms with E-state index in [9.17, 15) is 4.79 Å². The maximum atomic E-state index is 12.2. The lowest BCUT2D eigenvalue weighted by Crippen LogP contribution is -2.35. The van der Waals surface area contributed by atoms with Crippen LogP contribution in [0.5, 0.6) is 0 Å². The van der Waals surface area contributed by atoms with Gasteiger partial charge in [0.2, 0.25) is 5.91 Å². The van der Waals surface area contributed by atoms with E-state index in [1.54, 1.807) is 12.1 Å². The van der Waals surface area contributed by atoms with Crippen molar-refractivity contribution in [2.24, 2.45) is 0 Å². The summed E-state index contributed by atoms with van der Waals surface area (Å²) in [5.41, 5.74) is 1.74. The molecule has 4 nitrogen and oxygen atoms in total. The molecule has 1 rings (SSSR count). The summed E-state index contributed by atoms with van der Waals surface area (Å²) in [5, 5.41) is 12.5. The van der Waals surface area contributed by atoms with Gasteiger partial charge in [0.05, 0.1) is 6.54 Å². The molecule has 1 amide bonds. The highest BCUT2D eigenvalue weighted by atomic mass is 35.5. The quantitative estimate of drug-likeness (QED) is 0.737. The lowest BCUT2D eigenvalue weighted by Gasteiger charge is -2.21. The van der Waals surface area contributed by atoms with Crippen molar-refractivity contribution in [3.05, 3.63) is 28.8 Å². The van der Waals surface area contributed by atoms with Gasteiger partial charge in [0.1, 0.15) is 0 Å². The van der Waals surface area contributed by atoms with Crippen molar-refractivity contribution < 1.29 is 9.90 Å². The molecule has 0 fully saturated rings. The Morgan fingerprint density at radius 3 is 2.71 bits per heavy atom. The van der Waals surface area contributed by atoms with Gasteiger partial charge in [-0.2, -0.15) is 0 Å². The van der Waals surface area contributed by atoms with E-state index in [1.165, 1.54) is 0 Å². The summed E-state index contributed by atoms with van der Waals surface area (Å²) in [6.07, 6.45) is 2.83. The average molecular weight is 313 g/mol. The molecule has 0 aliphatic rings. The number of benzene rings is 1. The molecule has 0 radical (unpaired) electrons. The van der Waals surface area contributed by atoms with Crippen LogP contribution >= 0.6 is 11.6 Å². The molecule has 0 atom stereocenters. The van der Waals surface area contributed by atoms with Crippen LogP contribution in [0.25, 0.3) is 0 Å². The van der Waals surface area contributed by atoms with Crippen molar-refractivity contribution in [2.75, 3.05) is 31.6 Å². The van der Waals surface area contributed by atoms with Crippen LogP contribution in [0.1, 0.15) is 31.7 Å². The number of unbranched alkanes of at least 4 members (excludes halogenated alkanes) is 1. The highest BCUT2D eigenvalue weighted by Crippen LogP contribution is 2.20. The summed E-state index contributed by atoms with van der Waals surface area (Å²) in [4.78, 5) is 14.2. The van der Waals surface area contributed by atoms with E-state index in [0.29, 0.717) is 18.0 Å². The fourth-order valence-electron chi connectivity index (χ4n) is 2.07. The number of nitrogens with one attached hydrogen (secondary N) is 1. The Labute approximate surface area is 132 Å². The van der Waals surface area contributed by atoms with Crippen LogP contribution in [0.3, 0.4) is 0 Å². The number of carbonyl (C=O) groups excluding carboxylic acids is 1. The normalized spacial score (nSPS) is 10.9. The smallest absolute Gasteiger partial charge is 0.238 e. The molecule has 5 heteroatoms. The second-order valence-corrected chi connectivity index (χ2v) is 5.65. The number of hydrogen-bond donors (Lipinski definition) is 2. The highest BCUT2D eigenvalue weighted by molar-refractivity contribution is 6.31. The molecule has 0 saturated heterocycles. The molecule has 0 bridgehead atoms. The van der Waals surface area contributed by atoms with E-state index in [2.05, 4.69) is 17.1 Å². The van der Waals surface area contributed by atoms with Gasteiger partial charge in [-0.15, -0.1) is 0 Å². The largest absolute Gasteiger partial charge is 0.396 e. The minimum atomic E-state index is -0.0468. The molecule has 2 N–H and O–H groups in total. The zero-order valence-corrected chi connectivity index (χ0v) is 13.6. The van der Waals surface area contributed by atoms with Crippen molar-refractivity contribution in [3.8, 4) is 0 Å². The third kappa shape index (κ3) is 6.93. The molecule has 21 heavy (non-hydrogen) atoms.